The zero-order valence-corrected chi connectivity index (χ0v) is 9.70. The van der Waals surface area contributed by atoms with Crippen LogP contribution >= 0.6 is 0 Å². The molecule has 90 valence electrons. The molecule has 1 heterocycles. The fourth-order valence-electron chi connectivity index (χ4n) is 1.76. The molecule has 0 aliphatic heterocycles. The monoisotopic (exact) mass is 242 g/mol. The summed E-state index contributed by atoms with van der Waals surface area (Å²) in [4.78, 5) is 14.7. The maximum absolute atomic E-state index is 11.0. The first kappa shape index (κ1) is 11.8. The van der Waals surface area contributed by atoms with Crippen LogP contribution in [0.1, 0.15) is 18.3 Å². The number of nitriles is 1. The second kappa shape index (κ2) is 4.67. The van der Waals surface area contributed by atoms with Gasteiger partial charge < -0.3 is 0 Å². The lowest BCUT2D eigenvalue weighted by molar-refractivity contribution is -0.384. The highest BCUT2D eigenvalue weighted by atomic mass is 16.6. The Bertz CT molecular complexity index is 640. The number of rotatable bonds is 3. The molecule has 0 bridgehead atoms. The number of imidazole rings is 1. The van der Waals surface area contributed by atoms with Crippen molar-refractivity contribution in [3.63, 3.8) is 0 Å². The molecular formula is C12H10N4O2. The number of aryl methyl sites for hydroxylation is 1. The Morgan fingerprint density at radius 3 is 2.94 bits per heavy atom. The van der Waals surface area contributed by atoms with Gasteiger partial charge in [0.2, 0.25) is 0 Å². The molecule has 6 heteroatoms. The van der Waals surface area contributed by atoms with Gasteiger partial charge in [-0.2, -0.15) is 5.26 Å². The van der Waals surface area contributed by atoms with Crippen LogP contribution in [0, 0.1) is 21.4 Å². The minimum Gasteiger partial charge on any atom is -0.298 e. The second-order valence-electron chi connectivity index (χ2n) is 3.64. The largest absolute Gasteiger partial charge is 0.298 e. The van der Waals surface area contributed by atoms with Gasteiger partial charge in [0.25, 0.3) is 5.69 Å². The van der Waals surface area contributed by atoms with Crippen molar-refractivity contribution < 1.29 is 4.92 Å². The molecule has 0 radical (unpaired) electrons. The molecule has 0 unspecified atom stereocenters. The first-order chi connectivity index (χ1) is 8.67. The highest BCUT2D eigenvalue weighted by Crippen LogP contribution is 2.25. The normalized spacial score (nSPS) is 10.0. The maximum atomic E-state index is 11.0. The molecule has 2 rings (SSSR count). The Balaban J connectivity index is 2.68. The van der Waals surface area contributed by atoms with Crippen LogP contribution in [-0.4, -0.2) is 14.5 Å². The first-order valence-electron chi connectivity index (χ1n) is 5.38. The van der Waals surface area contributed by atoms with Gasteiger partial charge in [-0.05, 0) is 12.1 Å². The number of nitro benzene ring substituents is 1. The van der Waals surface area contributed by atoms with Crippen molar-refractivity contribution in [2.45, 2.75) is 13.3 Å². The van der Waals surface area contributed by atoms with Gasteiger partial charge >= 0.3 is 0 Å². The average Bonchev–Trinajstić information content (AvgIpc) is 2.85. The lowest BCUT2D eigenvalue weighted by atomic mass is 10.2. The summed E-state index contributed by atoms with van der Waals surface area (Å²) in [5, 5.41) is 19.9. The molecule has 2 aromatic rings. The van der Waals surface area contributed by atoms with Crippen molar-refractivity contribution in [2.24, 2.45) is 0 Å². The van der Waals surface area contributed by atoms with Gasteiger partial charge in [-0.3, -0.25) is 14.7 Å². The Morgan fingerprint density at radius 2 is 2.33 bits per heavy atom. The van der Waals surface area contributed by atoms with Gasteiger partial charge in [-0.1, -0.05) is 6.92 Å². The topological polar surface area (TPSA) is 84.8 Å². The molecule has 1 aromatic carbocycles. The molecule has 6 nitrogen and oxygen atoms in total. The van der Waals surface area contributed by atoms with Crippen LogP contribution < -0.4 is 0 Å². The number of nitro groups is 1. The molecule has 18 heavy (non-hydrogen) atoms. The minimum absolute atomic E-state index is 0.0401. The van der Waals surface area contributed by atoms with Crippen molar-refractivity contribution in [3.8, 4) is 11.8 Å². The third-order valence-corrected chi connectivity index (χ3v) is 2.59. The van der Waals surface area contributed by atoms with Gasteiger partial charge in [0.1, 0.15) is 11.5 Å². The summed E-state index contributed by atoms with van der Waals surface area (Å²) < 4.78 is 1.64. The summed E-state index contributed by atoms with van der Waals surface area (Å²) >= 11 is 0. The van der Waals surface area contributed by atoms with Crippen LogP contribution in [-0.2, 0) is 6.42 Å². The van der Waals surface area contributed by atoms with E-state index >= 15 is 0 Å². The highest BCUT2D eigenvalue weighted by molar-refractivity contribution is 5.56. The van der Waals surface area contributed by atoms with Crippen LogP contribution in [0.3, 0.4) is 0 Å². The van der Waals surface area contributed by atoms with Crippen molar-refractivity contribution >= 4 is 5.69 Å². The van der Waals surface area contributed by atoms with Crippen LogP contribution in [0.2, 0.25) is 0 Å². The molecule has 0 N–H and O–H groups in total. The van der Waals surface area contributed by atoms with Crippen molar-refractivity contribution in [3.05, 3.63) is 52.1 Å². The molecule has 0 amide bonds. The molecule has 1 aromatic heterocycles. The zero-order chi connectivity index (χ0) is 13.1. The fraction of sp³-hybridized carbons (Fsp3) is 0.167. The Kier molecular flexibility index (Phi) is 3.06. The summed E-state index contributed by atoms with van der Waals surface area (Å²) in [5.74, 6) is 0.716. The van der Waals surface area contributed by atoms with Gasteiger partial charge in [-0.15, -0.1) is 0 Å². The maximum Gasteiger partial charge on any atom is 0.293 e. The first-order valence-corrected chi connectivity index (χ1v) is 5.38. The van der Waals surface area contributed by atoms with Gasteiger partial charge in [0.05, 0.1) is 16.6 Å². The molecule has 0 spiro atoms. The molecule has 0 saturated heterocycles. The van der Waals surface area contributed by atoms with E-state index in [0.29, 0.717) is 23.5 Å². The number of nitrogens with zero attached hydrogens (tertiary/aromatic N) is 4. The molecule has 0 aliphatic carbocycles. The quantitative estimate of drug-likeness (QED) is 0.610. The van der Waals surface area contributed by atoms with Gasteiger partial charge in [0, 0.05) is 24.9 Å². The third-order valence-electron chi connectivity index (χ3n) is 2.59. The van der Waals surface area contributed by atoms with E-state index in [-0.39, 0.29) is 5.69 Å². The van der Waals surface area contributed by atoms with E-state index in [1.165, 1.54) is 18.2 Å². The van der Waals surface area contributed by atoms with E-state index in [9.17, 15) is 10.1 Å². The van der Waals surface area contributed by atoms with Crippen LogP contribution in [0.4, 0.5) is 5.69 Å². The molecular weight excluding hydrogens is 232 g/mol. The SMILES string of the molecule is CCc1nccn1-c1cc(C#N)ccc1[N+](=O)[O-]. The van der Waals surface area contributed by atoms with Crippen LogP contribution in [0.25, 0.3) is 5.69 Å². The molecule has 0 saturated carbocycles. The van der Waals surface area contributed by atoms with E-state index in [0.717, 1.165) is 0 Å². The Hall–Kier alpha value is -2.68. The predicted octanol–water partition coefficient (Wildman–Crippen LogP) is 2.21. The van der Waals surface area contributed by atoms with Crippen LogP contribution in [0.15, 0.2) is 30.6 Å². The molecule has 0 atom stereocenters. The predicted molar refractivity (Wildman–Crippen MR) is 64.3 cm³/mol. The zero-order valence-electron chi connectivity index (χ0n) is 9.70. The lowest BCUT2D eigenvalue weighted by Crippen LogP contribution is -2.03. The van der Waals surface area contributed by atoms with Crippen molar-refractivity contribution in [1.29, 1.82) is 5.26 Å². The lowest BCUT2D eigenvalue weighted by Gasteiger charge is -2.07. The third kappa shape index (κ3) is 1.94. The smallest absolute Gasteiger partial charge is 0.293 e. The van der Waals surface area contributed by atoms with Gasteiger partial charge in [-0.25, -0.2) is 4.98 Å². The van der Waals surface area contributed by atoms with Crippen LogP contribution in [0.5, 0.6) is 0 Å². The number of hydrogen-bond donors (Lipinski definition) is 0. The molecule has 0 aliphatic rings. The van der Waals surface area contributed by atoms with E-state index < -0.39 is 4.92 Å². The summed E-state index contributed by atoms with van der Waals surface area (Å²) in [6.07, 6.45) is 3.89. The van der Waals surface area contributed by atoms with Gasteiger partial charge in [0.15, 0.2) is 0 Å². The van der Waals surface area contributed by atoms with E-state index in [4.69, 9.17) is 5.26 Å². The summed E-state index contributed by atoms with van der Waals surface area (Å²) in [6.45, 7) is 1.92. The number of aromatic nitrogens is 2. The van der Waals surface area contributed by atoms with E-state index in [1.54, 1.807) is 17.0 Å². The van der Waals surface area contributed by atoms with E-state index in [2.05, 4.69) is 4.98 Å². The van der Waals surface area contributed by atoms with Crippen molar-refractivity contribution in [1.82, 2.24) is 9.55 Å². The molecule has 0 fully saturated rings. The Morgan fingerprint density at radius 1 is 1.56 bits per heavy atom. The summed E-state index contributed by atoms with van der Waals surface area (Å²) in [6, 6.07) is 6.25. The minimum atomic E-state index is -0.462. The number of benzene rings is 1. The van der Waals surface area contributed by atoms with Crippen molar-refractivity contribution in [2.75, 3.05) is 0 Å². The summed E-state index contributed by atoms with van der Waals surface area (Å²) in [5.41, 5.74) is 0.710. The highest BCUT2D eigenvalue weighted by Gasteiger charge is 2.17. The van der Waals surface area contributed by atoms with E-state index in [1.807, 2.05) is 13.0 Å². The summed E-state index contributed by atoms with van der Waals surface area (Å²) in [7, 11) is 0. The number of hydrogen-bond acceptors (Lipinski definition) is 4. The fourth-order valence-corrected chi connectivity index (χ4v) is 1.76. The standard InChI is InChI=1S/C12H10N4O2/c1-2-12-14-5-6-15(12)11-7-9(8-13)3-4-10(11)16(17)18/h3-7H,2H2,1H3. The second-order valence-corrected chi connectivity index (χ2v) is 3.64. The average molecular weight is 242 g/mol. The Labute approximate surface area is 103 Å².